The maximum Gasteiger partial charge on any atom is 0.255 e. The fourth-order valence-corrected chi connectivity index (χ4v) is 13.0. The lowest BCUT2D eigenvalue weighted by molar-refractivity contribution is -0.140. The predicted octanol–water partition coefficient (Wildman–Crippen LogP) is 7.96. The number of pyridine rings is 1. The van der Waals surface area contributed by atoms with E-state index in [2.05, 4.69) is 4.98 Å². The Labute approximate surface area is 418 Å². The van der Waals surface area contributed by atoms with Crippen LogP contribution in [-0.2, 0) is 64.7 Å². The van der Waals surface area contributed by atoms with Gasteiger partial charge in [-0.1, -0.05) is 133 Å². The second-order valence-electron chi connectivity index (χ2n) is 18.6. The van der Waals surface area contributed by atoms with Crippen LogP contribution in [0, 0.1) is 0 Å². The molecular weight excluding hydrogens is 947 g/mol. The highest BCUT2D eigenvalue weighted by Crippen LogP contribution is 2.47. The molecule has 5 heterocycles. The van der Waals surface area contributed by atoms with Crippen molar-refractivity contribution in [3.05, 3.63) is 221 Å². The van der Waals surface area contributed by atoms with Crippen LogP contribution in [0.2, 0.25) is 0 Å². The second-order valence-corrected chi connectivity index (χ2v) is 22.8. The van der Waals surface area contributed by atoms with Crippen LogP contribution in [0.4, 0.5) is 0 Å². The number of carbonyl (C=O) groups is 2. The molecule has 0 fully saturated rings. The molecule has 2 amide bonds. The van der Waals surface area contributed by atoms with Crippen molar-refractivity contribution in [1.29, 1.82) is 0 Å². The number of carbonyl (C=O) groups excluding carboxylic acids is 2. The van der Waals surface area contributed by atoms with Gasteiger partial charge in [-0.2, -0.15) is 0 Å². The first-order valence-electron chi connectivity index (χ1n) is 23.8. The molecule has 15 heteroatoms. The van der Waals surface area contributed by atoms with Gasteiger partial charge in [0, 0.05) is 62.5 Å². The lowest BCUT2D eigenvalue weighted by Crippen LogP contribution is -2.50. The Bertz CT molecular complexity index is 3490. The van der Waals surface area contributed by atoms with Crippen molar-refractivity contribution in [3.63, 3.8) is 0 Å². The van der Waals surface area contributed by atoms with Crippen LogP contribution in [0.15, 0.2) is 202 Å². The van der Waals surface area contributed by atoms with E-state index in [-0.39, 0.29) is 72.1 Å². The Kier molecular flexibility index (Phi) is 12.2. The van der Waals surface area contributed by atoms with E-state index in [9.17, 15) is 21.6 Å². The van der Waals surface area contributed by atoms with Crippen molar-refractivity contribution in [2.75, 3.05) is 24.6 Å². The van der Waals surface area contributed by atoms with Crippen LogP contribution in [-0.4, -0.2) is 91.4 Å². The molecule has 7 aromatic rings. The summed E-state index contributed by atoms with van der Waals surface area (Å²) in [6.45, 7) is 0.248. The molecule has 0 spiro atoms. The van der Waals surface area contributed by atoms with E-state index < -0.39 is 43.0 Å². The summed E-state index contributed by atoms with van der Waals surface area (Å²) in [6, 6.07) is 51.2. The summed E-state index contributed by atoms with van der Waals surface area (Å²) in [5, 5.41) is 0. The lowest BCUT2D eigenvalue weighted by Gasteiger charge is -2.32. The largest absolute Gasteiger partial charge is 0.472 e. The molecule has 0 aliphatic carbocycles. The van der Waals surface area contributed by atoms with Gasteiger partial charge < -0.3 is 19.3 Å². The molecule has 0 unspecified atom stereocenters. The third-order valence-corrected chi connectivity index (χ3v) is 17.5. The van der Waals surface area contributed by atoms with Gasteiger partial charge in [-0.3, -0.25) is 14.6 Å². The standard InChI is InChI=1S/C57H49N5O8S2/c63-54-56(51(69-39-59-56)49-22-9-7-16-45(49)37-61(54)29-31-71(65,66)47-20-5-2-6-21-47)35-41-15-11-18-43(33-41)42-24-26-48(27-25-42)72(67,68)32-30-62-38-46-17-8-10-23-50(46)52-57(55(62)64,34-40-13-3-1-4-14-40)60-53(70-52)44-19-12-28-58-36-44/h1-28,33,36,39,51-52H,29-32,34-35,37-38H2/t51-,52-,56-,57-/m0/s1. The van der Waals surface area contributed by atoms with Crippen LogP contribution < -0.4 is 0 Å². The van der Waals surface area contributed by atoms with Crippen molar-refractivity contribution in [1.82, 2.24) is 14.8 Å². The van der Waals surface area contributed by atoms with Gasteiger partial charge in [0.1, 0.15) is 0 Å². The first-order chi connectivity index (χ1) is 34.9. The molecule has 1 aromatic heterocycles. The van der Waals surface area contributed by atoms with E-state index in [1.807, 2.05) is 109 Å². The molecule has 0 saturated carbocycles. The third-order valence-electron chi connectivity index (χ3n) is 14.1. The maximum absolute atomic E-state index is 15.2. The zero-order chi connectivity index (χ0) is 49.5. The highest BCUT2D eigenvalue weighted by Gasteiger charge is 2.57. The highest BCUT2D eigenvalue weighted by molar-refractivity contribution is 7.91. The number of benzene rings is 6. The number of ether oxygens (including phenoxy) is 2. The molecule has 4 aliphatic rings. The van der Waals surface area contributed by atoms with Crippen molar-refractivity contribution in [2.24, 2.45) is 9.98 Å². The number of nitrogens with zero attached hydrogens (tertiary/aromatic N) is 5. The van der Waals surface area contributed by atoms with Crippen LogP contribution in [0.1, 0.15) is 51.2 Å². The summed E-state index contributed by atoms with van der Waals surface area (Å²) >= 11 is 0. The minimum atomic E-state index is -3.91. The van der Waals surface area contributed by atoms with E-state index in [4.69, 9.17) is 19.5 Å². The van der Waals surface area contributed by atoms with E-state index >= 15 is 4.79 Å². The van der Waals surface area contributed by atoms with Gasteiger partial charge in [0.05, 0.1) is 26.9 Å². The fraction of sp³-hybridized carbons (Fsp3) is 0.211. The average molecular weight is 996 g/mol. The fourth-order valence-electron chi connectivity index (χ4n) is 10.5. The summed E-state index contributed by atoms with van der Waals surface area (Å²) < 4.78 is 68.1. The monoisotopic (exact) mass is 995 g/mol. The van der Waals surface area contributed by atoms with Crippen molar-refractivity contribution < 1.29 is 35.9 Å². The highest BCUT2D eigenvalue weighted by atomic mass is 32.2. The van der Waals surface area contributed by atoms with Crippen LogP contribution >= 0.6 is 0 Å². The molecule has 6 aromatic carbocycles. The quantitative estimate of drug-likeness (QED) is 0.105. The Balaban J connectivity index is 0.839. The van der Waals surface area contributed by atoms with Crippen LogP contribution in [0.25, 0.3) is 11.1 Å². The summed E-state index contributed by atoms with van der Waals surface area (Å²) in [5.41, 5.74) is 4.32. The minimum absolute atomic E-state index is 0.0430. The van der Waals surface area contributed by atoms with Crippen molar-refractivity contribution in [2.45, 2.75) is 59.0 Å². The SMILES string of the molecule is O=C1N(CCS(=O)(=O)c2ccccc2)Cc2ccccc2[C@@H]2OC=N[C@]12Cc1cccc(-c2ccc(S(=O)(=O)CCN3Cc4ccccc4[C@@H]4OC(c5cccnc5)=N[C@]4(Cc4ccccc4)C3=O)cc2)c1. The first kappa shape index (κ1) is 46.6. The van der Waals surface area contributed by atoms with Gasteiger partial charge in [0.25, 0.3) is 11.8 Å². The molecule has 0 saturated heterocycles. The molecular formula is C57H49N5O8S2. The molecule has 11 rings (SSSR count). The predicted molar refractivity (Wildman–Crippen MR) is 272 cm³/mol. The summed E-state index contributed by atoms with van der Waals surface area (Å²) in [6.07, 6.45) is 3.51. The van der Waals surface area contributed by atoms with E-state index in [0.29, 0.717) is 11.5 Å². The number of amides is 2. The minimum Gasteiger partial charge on any atom is -0.472 e. The molecule has 0 N–H and O–H groups in total. The second kappa shape index (κ2) is 18.8. The smallest absolute Gasteiger partial charge is 0.255 e. The topological polar surface area (TPSA) is 165 Å². The van der Waals surface area contributed by atoms with Gasteiger partial charge in [-0.25, -0.2) is 26.8 Å². The zero-order valence-electron chi connectivity index (χ0n) is 39.0. The van der Waals surface area contributed by atoms with Gasteiger partial charge >= 0.3 is 0 Å². The molecule has 4 atom stereocenters. The summed E-state index contributed by atoms with van der Waals surface area (Å²) in [4.78, 5) is 47.6. The number of rotatable bonds is 14. The molecule has 0 bridgehead atoms. The molecule has 362 valence electrons. The number of sulfone groups is 2. The Morgan fingerprint density at radius 3 is 1.75 bits per heavy atom. The normalized spacial score (nSPS) is 21.3. The van der Waals surface area contributed by atoms with Crippen LogP contribution in [0.5, 0.6) is 0 Å². The van der Waals surface area contributed by atoms with Crippen molar-refractivity contribution >= 4 is 43.8 Å². The van der Waals surface area contributed by atoms with Gasteiger partial charge in [-0.15, -0.1) is 0 Å². The Morgan fingerprint density at radius 2 is 1.10 bits per heavy atom. The zero-order valence-corrected chi connectivity index (χ0v) is 40.7. The maximum atomic E-state index is 15.2. The summed E-state index contributed by atoms with van der Waals surface area (Å²) in [5.74, 6) is -0.957. The molecule has 13 nitrogen and oxygen atoms in total. The van der Waals surface area contributed by atoms with Gasteiger partial charge in [0.15, 0.2) is 49.4 Å². The number of hydrogen-bond acceptors (Lipinski definition) is 11. The van der Waals surface area contributed by atoms with E-state index in [1.165, 1.54) is 6.40 Å². The molecule has 4 aliphatic heterocycles. The van der Waals surface area contributed by atoms with Gasteiger partial charge in [-0.05, 0) is 69.8 Å². The molecule has 72 heavy (non-hydrogen) atoms. The number of fused-ring (bicyclic) bond motifs is 6. The number of hydrogen-bond donors (Lipinski definition) is 0. The first-order valence-corrected chi connectivity index (χ1v) is 27.1. The van der Waals surface area contributed by atoms with Crippen molar-refractivity contribution in [3.8, 4) is 11.1 Å². The van der Waals surface area contributed by atoms with Crippen LogP contribution in [0.3, 0.4) is 0 Å². The van der Waals surface area contributed by atoms with Gasteiger partial charge in [0.2, 0.25) is 5.90 Å². The number of aliphatic imine (C=N–C) groups is 2. The third kappa shape index (κ3) is 8.66. The van der Waals surface area contributed by atoms with E-state index in [1.54, 1.807) is 82.9 Å². The average Bonchev–Trinajstić information content (AvgIpc) is 3.98. The number of aromatic nitrogens is 1. The van der Waals surface area contributed by atoms with E-state index in [0.717, 1.165) is 44.5 Å². The lowest BCUT2D eigenvalue weighted by atomic mass is 9.81. The summed E-state index contributed by atoms with van der Waals surface area (Å²) in [7, 11) is -7.61. The Morgan fingerprint density at radius 1 is 0.542 bits per heavy atom. The Hall–Kier alpha value is -7.75. The molecule has 0 radical (unpaired) electrons.